The van der Waals surface area contributed by atoms with Crippen molar-refractivity contribution in [1.82, 2.24) is 9.97 Å². The first-order valence-corrected chi connectivity index (χ1v) is 6.16. The van der Waals surface area contributed by atoms with E-state index in [1.807, 2.05) is 0 Å². The molecule has 0 aromatic carbocycles. The van der Waals surface area contributed by atoms with E-state index in [1.165, 1.54) is 11.1 Å². The number of hydrogen-bond donors (Lipinski definition) is 0. The maximum absolute atomic E-state index is 12.9. The number of piperidine rings is 1. The lowest BCUT2D eigenvalue weighted by Crippen LogP contribution is -2.49. The van der Waals surface area contributed by atoms with Crippen LogP contribution in [0.1, 0.15) is 19.3 Å². The van der Waals surface area contributed by atoms with Gasteiger partial charge in [0.05, 0.1) is 6.20 Å². The number of rotatable bonds is 1. The van der Waals surface area contributed by atoms with Crippen molar-refractivity contribution in [3.63, 3.8) is 0 Å². The van der Waals surface area contributed by atoms with Crippen molar-refractivity contribution >= 4 is 29.0 Å². The molecule has 1 saturated heterocycles. The van der Waals surface area contributed by atoms with Crippen LogP contribution in [0.2, 0.25) is 10.3 Å². The van der Waals surface area contributed by atoms with Crippen LogP contribution in [0, 0.1) is 0 Å². The second-order valence-corrected chi connectivity index (χ2v) is 4.80. The largest absolute Gasteiger partial charge is 0.408 e. The lowest BCUT2D eigenvalue weighted by atomic mass is 10.0. The molecule has 0 radical (unpaired) electrons. The van der Waals surface area contributed by atoms with E-state index < -0.39 is 12.2 Å². The van der Waals surface area contributed by atoms with Gasteiger partial charge in [-0.1, -0.05) is 11.6 Å². The molecule has 1 fully saturated rings. The van der Waals surface area contributed by atoms with E-state index in [0.29, 0.717) is 12.8 Å². The first-order valence-electron chi connectivity index (χ1n) is 5.41. The van der Waals surface area contributed by atoms with Crippen molar-refractivity contribution in [3.05, 3.63) is 16.5 Å². The highest BCUT2D eigenvalue weighted by atomic mass is 35.5. The molecule has 1 aliphatic rings. The highest BCUT2D eigenvalue weighted by Crippen LogP contribution is 2.36. The molecule has 0 saturated carbocycles. The van der Waals surface area contributed by atoms with Crippen LogP contribution in [0.25, 0.3) is 0 Å². The Bertz CT molecular complexity index is 439. The third-order valence-corrected chi connectivity index (χ3v) is 3.30. The smallest absolute Gasteiger partial charge is 0.343 e. The van der Waals surface area contributed by atoms with Crippen molar-refractivity contribution in [2.24, 2.45) is 0 Å². The molecule has 0 N–H and O–H groups in total. The van der Waals surface area contributed by atoms with Gasteiger partial charge in [-0.2, -0.15) is 18.2 Å². The van der Waals surface area contributed by atoms with Crippen LogP contribution in [-0.4, -0.2) is 28.7 Å². The maximum atomic E-state index is 12.9. The molecule has 0 spiro atoms. The minimum atomic E-state index is -4.30. The fraction of sp³-hybridized carbons (Fsp3) is 0.600. The summed E-state index contributed by atoms with van der Waals surface area (Å²) in [6, 6.07) is -1.56. The highest BCUT2D eigenvalue weighted by molar-refractivity contribution is 6.33. The summed E-state index contributed by atoms with van der Waals surface area (Å²) in [4.78, 5) is 8.61. The van der Waals surface area contributed by atoms with Crippen LogP contribution in [-0.2, 0) is 0 Å². The van der Waals surface area contributed by atoms with Gasteiger partial charge in [0.1, 0.15) is 11.1 Å². The predicted molar refractivity (Wildman–Crippen MR) is 63.1 cm³/mol. The number of anilines is 1. The molecular weight excluding hydrogens is 290 g/mol. The van der Waals surface area contributed by atoms with Gasteiger partial charge >= 0.3 is 6.18 Å². The Morgan fingerprint density at radius 3 is 2.67 bits per heavy atom. The van der Waals surface area contributed by atoms with E-state index in [4.69, 9.17) is 23.2 Å². The van der Waals surface area contributed by atoms with E-state index in [0.717, 1.165) is 0 Å². The Balaban J connectivity index is 2.37. The summed E-state index contributed by atoms with van der Waals surface area (Å²) in [6.07, 6.45) is -1.83. The normalized spacial score (nSPS) is 21.2. The Kier molecular flexibility index (Phi) is 3.87. The number of hydrogen-bond acceptors (Lipinski definition) is 3. The van der Waals surface area contributed by atoms with Gasteiger partial charge in [0.25, 0.3) is 0 Å². The number of alkyl halides is 3. The van der Waals surface area contributed by atoms with Crippen LogP contribution in [0.5, 0.6) is 0 Å². The van der Waals surface area contributed by atoms with E-state index in [1.54, 1.807) is 0 Å². The SMILES string of the molecule is FC(F)(F)C1CCCCN1c1nc(Cl)ncc1Cl. The second kappa shape index (κ2) is 5.09. The summed E-state index contributed by atoms with van der Waals surface area (Å²) in [5, 5.41) is -0.0311. The first-order chi connectivity index (χ1) is 8.39. The number of nitrogens with zero attached hydrogens (tertiary/aromatic N) is 3. The molecule has 2 rings (SSSR count). The fourth-order valence-electron chi connectivity index (χ4n) is 2.06. The van der Waals surface area contributed by atoms with Crippen LogP contribution >= 0.6 is 23.2 Å². The zero-order valence-electron chi connectivity index (χ0n) is 9.21. The predicted octanol–water partition coefficient (Wildman–Crippen LogP) is 3.70. The summed E-state index contributed by atoms with van der Waals surface area (Å²) >= 11 is 11.5. The van der Waals surface area contributed by atoms with Crippen molar-refractivity contribution < 1.29 is 13.2 Å². The third kappa shape index (κ3) is 2.80. The van der Waals surface area contributed by atoms with Gasteiger partial charge in [0.15, 0.2) is 5.82 Å². The zero-order chi connectivity index (χ0) is 13.3. The standard InChI is InChI=1S/C10H10Cl2F3N3/c11-6-5-16-9(12)17-8(6)18-4-2-1-3-7(18)10(13,14)15/h5,7H,1-4H2. The topological polar surface area (TPSA) is 29.0 Å². The van der Waals surface area contributed by atoms with Crippen molar-refractivity contribution in [2.75, 3.05) is 11.4 Å². The van der Waals surface area contributed by atoms with Crippen molar-refractivity contribution in [2.45, 2.75) is 31.5 Å². The summed E-state index contributed by atoms with van der Waals surface area (Å²) in [5.41, 5.74) is 0. The van der Waals surface area contributed by atoms with Crippen LogP contribution in [0.4, 0.5) is 19.0 Å². The van der Waals surface area contributed by atoms with Crippen LogP contribution in [0.3, 0.4) is 0 Å². The van der Waals surface area contributed by atoms with Gasteiger partial charge in [0, 0.05) is 6.54 Å². The van der Waals surface area contributed by atoms with E-state index in [2.05, 4.69) is 9.97 Å². The van der Waals surface area contributed by atoms with Gasteiger partial charge in [-0.3, -0.25) is 0 Å². The summed E-state index contributed by atoms with van der Waals surface area (Å²) in [6.45, 7) is 0.261. The third-order valence-electron chi connectivity index (χ3n) is 2.85. The lowest BCUT2D eigenvalue weighted by Gasteiger charge is -2.37. The molecule has 18 heavy (non-hydrogen) atoms. The number of aromatic nitrogens is 2. The molecule has 1 aromatic heterocycles. The highest BCUT2D eigenvalue weighted by Gasteiger charge is 2.45. The lowest BCUT2D eigenvalue weighted by molar-refractivity contribution is -0.152. The molecule has 0 amide bonds. The summed E-state index contributed by atoms with van der Waals surface area (Å²) < 4.78 is 38.8. The average molecular weight is 300 g/mol. The van der Waals surface area contributed by atoms with E-state index in [-0.39, 0.29) is 29.1 Å². The second-order valence-electron chi connectivity index (χ2n) is 4.06. The molecular formula is C10H10Cl2F3N3. The van der Waals surface area contributed by atoms with Gasteiger partial charge in [-0.05, 0) is 30.9 Å². The zero-order valence-corrected chi connectivity index (χ0v) is 10.7. The maximum Gasteiger partial charge on any atom is 0.408 e. The fourth-order valence-corrected chi connectivity index (χ4v) is 2.39. The van der Waals surface area contributed by atoms with Crippen LogP contribution in [0.15, 0.2) is 6.20 Å². The molecule has 3 nitrogen and oxygen atoms in total. The Morgan fingerprint density at radius 2 is 2.00 bits per heavy atom. The molecule has 2 heterocycles. The van der Waals surface area contributed by atoms with Gasteiger partial charge in [0.2, 0.25) is 5.28 Å². The van der Waals surface area contributed by atoms with Crippen LogP contribution < -0.4 is 4.90 Å². The molecule has 100 valence electrons. The monoisotopic (exact) mass is 299 g/mol. The minimum absolute atomic E-state index is 0.0431. The summed E-state index contributed by atoms with van der Waals surface area (Å²) in [7, 11) is 0. The van der Waals surface area contributed by atoms with E-state index >= 15 is 0 Å². The van der Waals surface area contributed by atoms with Crippen molar-refractivity contribution in [1.29, 1.82) is 0 Å². The average Bonchev–Trinajstić information content (AvgIpc) is 2.31. The molecule has 1 aliphatic heterocycles. The molecule has 1 aromatic rings. The van der Waals surface area contributed by atoms with Gasteiger partial charge in [-0.25, -0.2) is 4.98 Å². The quantitative estimate of drug-likeness (QED) is 0.740. The summed E-state index contributed by atoms with van der Waals surface area (Å²) in [5.74, 6) is 0.0543. The number of halogens is 5. The van der Waals surface area contributed by atoms with Gasteiger partial charge in [-0.15, -0.1) is 0 Å². The minimum Gasteiger partial charge on any atom is -0.343 e. The first kappa shape index (κ1) is 13.7. The Labute approximate surface area is 112 Å². The molecule has 0 bridgehead atoms. The molecule has 8 heteroatoms. The molecule has 1 unspecified atom stereocenters. The molecule has 1 atom stereocenters. The van der Waals surface area contributed by atoms with E-state index in [9.17, 15) is 13.2 Å². The Hall–Kier alpha value is -0.750. The van der Waals surface area contributed by atoms with Gasteiger partial charge < -0.3 is 4.90 Å². The van der Waals surface area contributed by atoms with Crippen molar-refractivity contribution in [3.8, 4) is 0 Å². The Morgan fingerprint density at radius 1 is 1.28 bits per heavy atom. The molecule has 0 aliphatic carbocycles.